The largest absolute Gasteiger partial charge is 0.455 e. The number of nitrogens with zero attached hydrogens (tertiary/aromatic N) is 3. The fraction of sp³-hybridized carbons (Fsp3) is 0.333. The van der Waals surface area contributed by atoms with Crippen LogP contribution < -0.4 is 5.32 Å². The summed E-state index contributed by atoms with van der Waals surface area (Å²) in [6.45, 7) is 6.01. The Labute approximate surface area is 142 Å². The predicted molar refractivity (Wildman–Crippen MR) is 87.8 cm³/mol. The second-order valence-corrected chi connectivity index (χ2v) is 7.09. The van der Waals surface area contributed by atoms with E-state index >= 15 is 0 Å². The van der Waals surface area contributed by atoms with Crippen LogP contribution in [0.5, 0.6) is 0 Å². The van der Waals surface area contributed by atoms with Gasteiger partial charge in [-0.15, -0.1) is 0 Å². The van der Waals surface area contributed by atoms with Crippen molar-refractivity contribution in [2.45, 2.75) is 37.1 Å². The molecule has 3 rings (SSSR count). The maximum atomic E-state index is 12.2. The van der Waals surface area contributed by atoms with Crippen molar-refractivity contribution in [3.05, 3.63) is 41.8 Å². The highest BCUT2D eigenvalue weighted by Gasteiger charge is 2.21. The third-order valence-electron chi connectivity index (χ3n) is 3.12. The average molecular weight is 347 g/mol. The fourth-order valence-electron chi connectivity index (χ4n) is 1.85. The zero-order chi connectivity index (χ0) is 17.2. The molecule has 126 valence electrons. The number of nitrogens with one attached hydrogen (secondary N) is 2. The third kappa shape index (κ3) is 3.85. The Bertz CT molecular complexity index is 816. The lowest BCUT2D eigenvalue weighted by Gasteiger charge is -2.11. The fourth-order valence-corrected chi connectivity index (χ4v) is 2.52. The van der Waals surface area contributed by atoms with Gasteiger partial charge in [-0.2, -0.15) is 5.10 Å². The molecule has 0 saturated heterocycles. The summed E-state index contributed by atoms with van der Waals surface area (Å²) in [5, 5.41) is 13.7. The van der Waals surface area contributed by atoms with Crippen molar-refractivity contribution in [1.82, 2.24) is 20.3 Å². The molecule has 0 atom stereocenters. The highest BCUT2D eigenvalue weighted by atomic mass is 32.2. The molecule has 0 saturated carbocycles. The van der Waals surface area contributed by atoms with Crippen molar-refractivity contribution in [2.24, 2.45) is 0 Å². The van der Waals surface area contributed by atoms with Gasteiger partial charge in [-0.1, -0.05) is 37.7 Å². The van der Waals surface area contributed by atoms with Crippen LogP contribution >= 0.6 is 11.8 Å². The van der Waals surface area contributed by atoms with Gasteiger partial charge in [0.25, 0.3) is 5.91 Å². The van der Waals surface area contributed by atoms with Gasteiger partial charge in [-0.3, -0.25) is 9.89 Å². The number of thioether (sulfide) groups is 1. The quantitative estimate of drug-likeness (QED) is 0.682. The number of hydrogen-bond donors (Lipinski definition) is 2. The van der Waals surface area contributed by atoms with Gasteiger partial charge >= 0.3 is 0 Å². The first-order valence-electron chi connectivity index (χ1n) is 7.27. The molecule has 3 aromatic rings. The van der Waals surface area contributed by atoms with E-state index in [9.17, 15) is 4.79 Å². The Hall–Kier alpha value is -2.55. The Morgan fingerprint density at radius 3 is 2.88 bits per heavy atom. The number of amides is 1. The van der Waals surface area contributed by atoms with Crippen molar-refractivity contribution in [3.63, 3.8) is 0 Å². The standard InChI is InChI=1S/C15H17N5O3S/c1-15(2,3)11-6-12(20-23-11)18-13(21)10-5-4-9(22-10)7-24-14-16-8-17-19-14/h4-6,8H,7H2,1-3H3,(H,16,17,19)(H,18,20,21). The zero-order valence-corrected chi connectivity index (χ0v) is 14.3. The molecule has 0 aliphatic carbocycles. The summed E-state index contributed by atoms with van der Waals surface area (Å²) in [6.07, 6.45) is 1.44. The lowest BCUT2D eigenvalue weighted by Crippen LogP contribution is -2.11. The van der Waals surface area contributed by atoms with Gasteiger partial charge in [0.1, 0.15) is 17.8 Å². The number of aromatic amines is 1. The summed E-state index contributed by atoms with van der Waals surface area (Å²) in [5.74, 6) is 2.10. The molecule has 0 aliphatic rings. The molecule has 0 aliphatic heterocycles. The van der Waals surface area contributed by atoms with Crippen molar-refractivity contribution in [3.8, 4) is 0 Å². The molecule has 3 heterocycles. The molecule has 3 aromatic heterocycles. The van der Waals surface area contributed by atoms with Gasteiger partial charge in [0.2, 0.25) is 0 Å². The number of furan rings is 1. The number of carbonyl (C=O) groups is 1. The topological polar surface area (TPSA) is 110 Å². The van der Waals surface area contributed by atoms with E-state index in [0.717, 1.165) is 0 Å². The number of anilines is 1. The Morgan fingerprint density at radius 1 is 1.38 bits per heavy atom. The normalized spacial score (nSPS) is 11.6. The molecule has 2 N–H and O–H groups in total. The van der Waals surface area contributed by atoms with Crippen molar-refractivity contribution >= 4 is 23.5 Å². The van der Waals surface area contributed by atoms with Gasteiger partial charge in [-0.05, 0) is 12.1 Å². The monoisotopic (exact) mass is 347 g/mol. The molecule has 0 unspecified atom stereocenters. The molecule has 0 spiro atoms. The molecular formula is C15H17N5O3S. The minimum absolute atomic E-state index is 0.175. The second kappa shape index (κ2) is 6.52. The van der Waals surface area contributed by atoms with Crippen molar-refractivity contribution in [1.29, 1.82) is 0 Å². The molecule has 9 heteroatoms. The van der Waals surface area contributed by atoms with Crippen LogP contribution in [0.15, 0.2) is 38.6 Å². The van der Waals surface area contributed by atoms with E-state index in [-0.39, 0.29) is 17.1 Å². The van der Waals surface area contributed by atoms with Crippen LogP contribution in [-0.4, -0.2) is 26.2 Å². The highest BCUT2D eigenvalue weighted by molar-refractivity contribution is 7.98. The first-order valence-corrected chi connectivity index (χ1v) is 8.26. The first-order chi connectivity index (χ1) is 11.4. The SMILES string of the molecule is CC(C)(C)c1cc(NC(=O)c2ccc(CSc3ncn[nH]3)o2)no1. The number of hydrogen-bond acceptors (Lipinski definition) is 7. The van der Waals surface area contributed by atoms with Crippen LogP contribution in [0, 0.1) is 0 Å². The van der Waals surface area contributed by atoms with E-state index in [4.69, 9.17) is 8.94 Å². The lowest BCUT2D eigenvalue weighted by atomic mass is 9.93. The predicted octanol–water partition coefficient (Wildman–Crippen LogP) is 3.23. The highest BCUT2D eigenvalue weighted by Crippen LogP contribution is 2.25. The number of aromatic nitrogens is 4. The van der Waals surface area contributed by atoms with E-state index in [1.54, 1.807) is 18.2 Å². The van der Waals surface area contributed by atoms with Crippen LogP contribution in [0.25, 0.3) is 0 Å². The molecular weight excluding hydrogens is 330 g/mol. The van der Waals surface area contributed by atoms with E-state index in [0.29, 0.717) is 28.2 Å². The minimum Gasteiger partial charge on any atom is -0.455 e. The summed E-state index contributed by atoms with van der Waals surface area (Å²) in [5.41, 5.74) is -0.175. The lowest BCUT2D eigenvalue weighted by molar-refractivity contribution is 0.0994. The Morgan fingerprint density at radius 2 is 2.21 bits per heavy atom. The van der Waals surface area contributed by atoms with E-state index in [1.807, 2.05) is 20.8 Å². The van der Waals surface area contributed by atoms with E-state index < -0.39 is 0 Å². The molecule has 0 fully saturated rings. The Balaban J connectivity index is 1.60. The first kappa shape index (κ1) is 16.3. The summed E-state index contributed by atoms with van der Waals surface area (Å²) >= 11 is 1.43. The number of carbonyl (C=O) groups excluding carboxylic acids is 1. The minimum atomic E-state index is -0.375. The summed E-state index contributed by atoms with van der Waals surface area (Å²) in [7, 11) is 0. The smallest absolute Gasteiger partial charge is 0.292 e. The van der Waals surface area contributed by atoms with Crippen LogP contribution in [0.1, 0.15) is 42.8 Å². The maximum absolute atomic E-state index is 12.2. The van der Waals surface area contributed by atoms with E-state index in [1.165, 1.54) is 18.1 Å². The molecule has 0 aromatic carbocycles. The van der Waals surface area contributed by atoms with Gasteiger partial charge in [0.15, 0.2) is 16.7 Å². The molecule has 0 radical (unpaired) electrons. The van der Waals surface area contributed by atoms with Gasteiger partial charge in [-0.25, -0.2) is 4.98 Å². The number of rotatable bonds is 5. The third-order valence-corrected chi connectivity index (χ3v) is 4.02. The van der Waals surface area contributed by atoms with Crippen LogP contribution in [0.3, 0.4) is 0 Å². The van der Waals surface area contributed by atoms with Gasteiger partial charge < -0.3 is 14.3 Å². The molecule has 0 bridgehead atoms. The van der Waals surface area contributed by atoms with Gasteiger partial charge in [0, 0.05) is 11.5 Å². The summed E-state index contributed by atoms with van der Waals surface area (Å²) in [4.78, 5) is 16.2. The summed E-state index contributed by atoms with van der Waals surface area (Å²) in [6, 6.07) is 5.08. The zero-order valence-electron chi connectivity index (χ0n) is 13.5. The van der Waals surface area contributed by atoms with Crippen molar-refractivity contribution in [2.75, 3.05) is 5.32 Å². The van der Waals surface area contributed by atoms with Crippen LogP contribution in [-0.2, 0) is 11.2 Å². The number of H-pyrrole nitrogens is 1. The Kier molecular flexibility index (Phi) is 4.43. The molecule has 8 nitrogen and oxygen atoms in total. The van der Waals surface area contributed by atoms with Gasteiger partial charge in [0.05, 0.1) is 5.75 Å². The van der Waals surface area contributed by atoms with Crippen LogP contribution in [0.4, 0.5) is 5.82 Å². The average Bonchev–Trinajstić information content (AvgIpc) is 3.25. The van der Waals surface area contributed by atoms with Crippen LogP contribution in [0.2, 0.25) is 0 Å². The second-order valence-electron chi connectivity index (χ2n) is 6.13. The van der Waals surface area contributed by atoms with E-state index in [2.05, 4.69) is 25.7 Å². The van der Waals surface area contributed by atoms with Crippen molar-refractivity contribution < 1.29 is 13.7 Å². The molecule has 1 amide bonds. The summed E-state index contributed by atoms with van der Waals surface area (Å²) < 4.78 is 10.8. The maximum Gasteiger partial charge on any atom is 0.292 e. The molecule has 24 heavy (non-hydrogen) atoms.